The van der Waals surface area contributed by atoms with Gasteiger partial charge in [0.05, 0.1) is 6.04 Å². The second-order valence-corrected chi connectivity index (χ2v) is 5.53. The maximum atomic E-state index is 5.92. The molecule has 0 heterocycles. The van der Waals surface area contributed by atoms with E-state index < -0.39 is 0 Å². The summed E-state index contributed by atoms with van der Waals surface area (Å²) >= 11 is 0. The van der Waals surface area contributed by atoms with E-state index in [4.69, 9.17) is 5.73 Å². The molecule has 0 saturated heterocycles. The highest BCUT2D eigenvalue weighted by Crippen LogP contribution is 2.28. The lowest BCUT2D eigenvalue weighted by molar-refractivity contribution is 0.342. The van der Waals surface area contributed by atoms with Gasteiger partial charge in [-0.25, -0.2) is 0 Å². The molecule has 0 aliphatic heterocycles. The molecule has 0 aliphatic carbocycles. The largest absolute Gasteiger partial charge is 0.399 e. The van der Waals surface area contributed by atoms with Crippen LogP contribution in [0.15, 0.2) is 48.5 Å². The van der Waals surface area contributed by atoms with Crippen LogP contribution in [0.1, 0.15) is 36.1 Å². The molecule has 2 rings (SSSR count). The Bertz CT molecular complexity index is 544. The van der Waals surface area contributed by atoms with Crippen molar-refractivity contribution in [2.75, 3.05) is 19.8 Å². The minimum atomic E-state index is 0.245. The molecule has 0 saturated carbocycles. The van der Waals surface area contributed by atoms with Gasteiger partial charge in [-0.2, -0.15) is 0 Å². The second-order valence-electron chi connectivity index (χ2n) is 5.53. The lowest BCUT2D eigenvalue weighted by Gasteiger charge is -2.25. The fourth-order valence-electron chi connectivity index (χ4n) is 2.67. The molecule has 0 fully saturated rings. The Morgan fingerprint density at radius 3 is 2.25 bits per heavy atom. The van der Waals surface area contributed by atoms with Crippen LogP contribution in [0.2, 0.25) is 0 Å². The van der Waals surface area contributed by atoms with Crippen molar-refractivity contribution in [3.63, 3.8) is 0 Å². The predicted molar refractivity (Wildman–Crippen MR) is 86.8 cm³/mol. The zero-order valence-corrected chi connectivity index (χ0v) is 12.6. The number of benzene rings is 2. The Hall–Kier alpha value is -1.80. The Morgan fingerprint density at radius 1 is 1.00 bits per heavy atom. The highest BCUT2D eigenvalue weighted by atomic mass is 15.1. The molecule has 0 bridgehead atoms. The van der Waals surface area contributed by atoms with Crippen LogP contribution >= 0.6 is 0 Å². The molecule has 0 radical (unpaired) electrons. The third kappa shape index (κ3) is 3.40. The summed E-state index contributed by atoms with van der Waals surface area (Å²) in [5.41, 5.74) is 10.7. The highest BCUT2D eigenvalue weighted by Gasteiger charge is 2.16. The number of nitrogen functional groups attached to an aromatic ring is 1. The van der Waals surface area contributed by atoms with Crippen LogP contribution in [-0.4, -0.2) is 19.0 Å². The molecule has 1 unspecified atom stereocenters. The van der Waals surface area contributed by atoms with Crippen molar-refractivity contribution in [3.05, 3.63) is 65.2 Å². The zero-order chi connectivity index (χ0) is 14.5. The van der Waals surface area contributed by atoms with Gasteiger partial charge in [0.1, 0.15) is 0 Å². The van der Waals surface area contributed by atoms with Crippen molar-refractivity contribution in [2.24, 2.45) is 0 Å². The molecule has 2 N–H and O–H groups in total. The lowest BCUT2D eigenvalue weighted by Crippen LogP contribution is -2.21. The minimum Gasteiger partial charge on any atom is -0.399 e. The van der Waals surface area contributed by atoms with Gasteiger partial charge in [0.25, 0.3) is 0 Å². The van der Waals surface area contributed by atoms with Gasteiger partial charge in [-0.05, 0) is 49.3 Å². The van der Waals surface area contributed by atoms with Crippen LogP contribution in [0.4, 0.5) is 5.69 Å². The van der Waals surface area contributed by atoms with E-state index in [9.17, 15) is 0 Å². The molecule has 106 valence electrons. The van der Waals surface area contributed by atoms with Crippen molar-refractivity contribution in [1.82, 2.24) is 4.90 Å². The van der Waals surface area contributed by atoms with E-state index in [1.54, 1.807) is 0 Å². The molecular formula is C18H24N2. The summed E-state index contributed by atoms with van der Waals surface area (Å²) in [5.74, 6) is 0. The summed E-state index contributed by atoms with van der Waals surface area (Å²) in [6, 6.07) is 17.3. The highest BCUT2D eigenvalue weighted by molar-refractivity contribution is 5.44. The van der Waals surface area contributed by atoms with Gasteiger partial charge in [0.2, 0.25) is 0 Å². The standard InChI is InChI=1S/C18H24N2/c1-4-6-14-9-11-15(12-10-14)18(20(2)3)16-7-5-8-17(19)13-16/h5,7-13,18H,4,6,19H2,1-3H3. The van der Waals surface area contributed by atoms with Gasteiger partial charge in [0.15, 0.2) is 0 Å². The van der Waals surface area contributed by atoms with E-state index in [1.165, 1.54) is 23.1 Å². The van der Waals surface area contributed by atoms with Crippen LogP contribution in [0.25, 0.3) is 0 Å². The number of anilines is 1. The fourth-order valence-corrected chi connectivity index (χ4v) is 2.67. The predicted octanol–water partition coefficient (Wildman–Crippen LogP) is 3.87. The van der Waals surface area contributed by atoms with Gasteiger partial charge in [-0.15, -0.1) is 0 Å². The molecular weight excluding hydrogens is 244 g/mol. The molecule has 0 aromatic heterocycles. The molecule has 0 aliphatic rings. The van der Waals surface area contributed by atoms with Gasteiger partial charge in [0, 0.05) is 5.69 Å². The Balaban J connectivity index is 2.33. The summed E-state index contributed by atoms with van der Waals surface area (Å²) in [6.07, 6.45) is 2.33. The van der Waals surface area contributed by atoms with Crippen LogP contribution in [0, 0.1) is 0 Å². The smallest absolute Gasteiger partial charge is 0.0597 e. The van der Waals surface area contributed by atoms with Crippen molar-refractivity contribution < 1.29 is 0 Å². The first-order chi connectivity index (χ1) is 9.61. The van der Waals surface area contributed by atoms with Crippen molar-refractivity contribution in [3.8, 4) is 0 Å². The maximum Gasteiger partial charge on any atom is 0.0597 e. The average molecular weight is 268 g/mol. The van der Waals surface area contributed by atoms with Gasteiger partial charge in [-0.3, -0.25) is 4.90 Å². The molecule has 1 atom stereocenters. The molecule has 0 amide bonds. The number of nitrogens with two attached hydrogens (primary N) is 1. The maximum absolute atomic E-state index is 5.92. The van der Waals surface area contributed by atoms with E-state index >= 15 is 0 Å². The van der Waals surface area contributed by atoms with E-state index in [0.29, 0.717) is 0 Å². The third-order valence-corrected chi connectivity index (χ3v) is 3.58. The van der Waals surface area contributed by atoms with Crippen LogP contribution in [0.3, 0.4) is 0 Å². The van der Waals surface area contributed by atoms with Gasteiger partial charge >= 0.3 is 0 Å². The second kappa shape index (κ2) is 6.58. The van der Waals surface area contributed by atoms with E-state index in [-0.39, 0.29) is 6.04 Å². The lowest BCUT2D eigenvalue weighted by atomic mass is 9.96. The van der Waals surface area contributed by atoms with Crippen molar-refractivity contribution >= 4 is 5.69 Å². The van der Waals surface area contributed by atoms with Crippen LogP contribution in [-0.2, 0) is 6.42 Å². The number of hydrogen-bond acceptors (Lipinski definition) is 2. The minimum absolute atomic E-state index is 0.245. The topological polar surface area (TPSA) is 29.3 Å². The third-order valence-electron chi connectivity index (χ3n) is 3.58. The van der Waals surface area contributed by atoms with Crippen molar-refractivity contribution in [1.29, 1.82) is 0 Å². The number of aryl methyl sites for hydroxylation is 1. The summed E-state index contributed by atoms with van der Waals surface area (Å²) < 4.78 is 0. The van der Waals surface area contributed by atoms with Crippen LogP contribution in [0.5, 0.6) is 0 Å². The summed E-state index contributed by atoms with van der Waals surface area (Å²) in [5, 5.41) is 0. The molecule has 2 heteroatoms. The molecule has 2 nitrogen and oxygen atoms in total. The fraction of sp³-hybridized carbons (Fsp3) is 0.333. The number of nitrogens with zero attached hydrogens (tertiary/aromatic N) is 1. The van der Waals surface area contributed by atoms with E-state index in [0.717, 1.165) is 12.1 Å². The first-order valence-electron chi connectivity index (χ1n) is 7.22. The van der Waals surface area contributed by atoms with Gasteiger partial charge < -0.3 is 5.73 Å². The summed E-state index contributed by atoms with van der Waals surface area (Å²) in [7, 11) is 4.21. The Kier molecular flexibility index (Phi) is 4.80. The SMILES string of the molecule is CCCc1ccc(C(c2cccc(N)c2)N(C)C)cc1. The molecule has 2 aromatic rings. The average Bonchev–Trinajstić information content (AvgIpc) is 2.41. The van der Waals surface area contributed by atoms with Crippen LogP contribution < -0.4 is 5.73 Å². The quantitative estimate of drug-likeness (QED) is 0.834. The molecule has 0 spiro atoms. The summed E-state index contributed by atoms with van der Waals surface area (Å²) in [4.78, 5) is 2.23. The van der Waals surface area contributed by atoms with E-state index in [1.807, 2.05) is 12.1 Å². The first-order valence-corrected chi connectivity index (χ1v) is 7.22. The zero-order valence-electron chi connectivity index (χ0n) is 12.6. The molecule has 2 aromatic carbocycles. The number of hydrogen-bond donors (Lipinski definition) is 1. The van der Waals surface area contributed by atoms with E-state index in [2.05, 4.69) is 62.3 Å². The van der Waals surface area contributed by atoms with Gasteiger partial charge in [-0.1, -0.05) is 49.7 Å². The van der Waals surface area contributed by atoms with Crippen molar-refractivity contribution in [2.45, 2.75) is 25.8 Å². The monoisotopic (exact) mass is 268 g/mol. The molecule has 20 heavy (non-hydrogen) atoms. The Morgan fingerprint density at radius 2 is 1.70 bits per heavy atom. The number of rotatable bonds is 5. The summed E-state index contributed by atoms with van der Waals surface area (Å²) in [6.45, 7) is 2.21. The normalized spacial score (nSPS) is 12.6. The first kappa shape index (κ1) is 14.6. The Labute approximate surface area is 122 Å².